The summed E-state index contributed by atoms with van der Waals surface area (Å²) in [5.41, 5.74) is -0.0547. The van der Waals surface area contributed by atoms with Crippen molar-refractivity contribution >= 4 is 17.3 Å². The highest BCUT2D eigenvalue weighted by Gasteiger charge is 2.09. The van der Waals surface area contributed by atoms with Gasteiger partial charge in [0, 0.05) is 18.6 Å². The number of hydrogen-bond donors (Lipinski definition) is 0. The molecular formula is C11H10ClNO3. The quantitative estimate of drug-likeness (QED) is 0.343. The van der Waals surface area contributed by atoms with Crippen molar-refractivity contribution in [1.29, 1.82) is 0 Å². The summed E-state index contributed by atoms with van der Waals surface area (Å²) in [5, 5.41) is 10.7. The van der Waals surface area contributed by atoms with Gasteiger partial charge in [0.15, 0.2) is 0 Å². The second kappa shape index (κ2) is 5.99. The van der Waals surface area contributed by atoms with Crippen molar-refractivity contribution in [3.63, 3.8) is 0 Å². The number of rotatable bonds is 5. The Morgan fingerprint density at radius 2 is 2.31 bits per heavy atom. The number of terminal acetylenes is 1. The predicted octanol–water partition coefficient (Wildman–Crippen LogP) is 3.04. The van der Waals surface area contributed by atoms with Crippen molar-refractivity contribution in [1.82, 2.24) is 0 Å². The van der Waals surface area contributed by atoms with Crippen LogP contribution in [0, 0.1) is 22.5 Å². The highest BCUT2D eigenvalue weighted by Crippen LogP contribution is 2.28. The van der Waals surface area contributed by atoms with Crippen molar-refractivity contribution in [2.45, 2.75) is 12.8 Å². The normalized spacial score (nSPS) is 9.50. The van der Waals surface area contributed by atoms with E-state index in [4.69, 9.17) is 22.8 Å². The minimum atomic E-state index is -0.506. The van der Waals surface area contributed by atoms with Crippen molar-refractivity contribution in [2.75, 3.05) is 6.61 Å². The Labute approximate surface area is 98.3 Å². The fourth-order valence-electron chi connectivity index (χ4n) is 1.08. The maximum atomic E-state index is 10.4. The molecule has 1 aromatic rings. The number of halogens is 1. The van der Waals surface area contributed by atoms with E-state index in [0.717, 1.165) is 6.42 Å². The number of benzene rings is 1. The summed E-state index contributed by atoms with van der Waals surface area (Å²) in [6, 6.07) is 4.09. The molecule has 4 nitrogen and oxygen atoms in total. The maximum Gasteiger partial charge on any atom is 0.271 e. The molecule has 0 saturated heterocycles. The van der Waals surface area contributed by atoms with E-state index in [0.29, 0.717) is 18.8 Å². The third-order valence-corrected chi connectivity index (χ3v) is 2.14. The Balaban J connectivity index is 2.62. The van der Waals surface area contributed by atoms with E-state index in [1.54, 1.807) is 0 Å². The highest BCUT2D eigenvalue weighted by molar-refractivity contribution is 6.32. The van der Waals surface area contributed by atoms with Crippen LogP contribution in [0.2, 0.25) is 5.02 Å². The molecule has 0 amide bonds. The number of hydrogen-bond acceptors (Lipinski definition) is 3. The molecule has 0 fully saturated rings. The molecule has 0 unspecified atom stereocenters. The number of nitro groups is 1. The first kappa shape index (κ1) is 12.3. The van der Waals surface area contributed by atoms with Gasteiger partial charge >= 0.3 is 0 Å². The zero-order valence-corrected chi connectivity index (χ0v) is 9.24. The number of nitro benzene ring substituents is 1. The molecule has 0 bridgehead atoms. The summed E-state index contributed by atoms with van der Waals surface area (Å²) < 4.78 is 5.32. The Morgan fingerprint density at radius 1 is 1.56 bits per heavy atom. The molecule has 0 aliphatic heterocycles. The molecule has 0 aliphatic rings. The summed E-state index contributed by atoms with van der Waals surface area (Å²) in [5.74, 6) is 2.92. The zero-order chi connectivity index (χ0) is 12.0. The van der Waals surface area contributed by atoms with Crippen LogP contribution in [0.3, 0.4) is 0 Å². The van der Waals surface area contributed by atoms with Gasteiger partial charge in [0.25, 0.3) is 5.69 Å². The molecule has 5 heteroatoms. The summed E-state index contributed by atoms with van der Waals surface area (Å²) >= 11 is 5.82. The minimum absolute atomic E-state index is 0.0547. The SMILES string of the molecule is C#CCCCOc1ccc([N+](=O)[O-])cc1Cl. The summed E-state index contributed by atoms with van der Waals surface area (Å²) in [6.07, 6.45) is 6.44. The molecule has 0 heterocycles. The van der Waals surface area contributed by atoms with E-state index in [1.165, 1.54) is 18.2 Å². The van der Waals surface area contributed by atoms with Gasteiger partial charge in [-0.2, -0.15) is 0 Å². The summed E-state index contributed by atoms with van der Waals surface area (Å²) in [7, 11) is 0. The van der Waals surface area contributed by atoms with Gasteiger partial charge in [0.1, 0.15) is 5.75 Å². The van der Waals surface area contributed by atoms with Gasteiger partial charge in [0.05, 0.1) is 16.6 Å². The number of unbranched alkanes of at least 4 members (excludes halogenated alkanes) is 1. The Morgan fingerprint density at radius 3 is 2.88 bits per heavy atom. The molecular weight excluding hydrogens is 230 g/mol. The molecule has 0 atom stereocenters. The van der Waals surface area contributed by atoms with E-state index in [-0.39, 0.29) is 10.7 Å². The molecule has 0 aromatic heterocycles. The molecule has 0 N–H and O–H groups in total. The van der Waals surface area contributed by atoms with Crippen molar-refractivity contribution in [2.24, 2.45) is 0 Å². The molecule has 16 heavy (non-hydrogen) atoms. The van der Waals surface area contributed by atoms with Crippen molar-refractivity contribution in [3.05, 3.63) is 33.3 Å². The van der Waals surface area contributed by atoms with Crippen LogP contribution in [0.15, 0.2) is 18.2 Å². The lowest BCUT2D eigenvalue weighted by molar-refractivity contribution is -0.384. The van der Waals surface area contributed by atoms with Crippen LogP contribution in [0.25, 0.3) is 0 Å². The fourth-order valence-corrected chi connectivity index (χ4v) is 1.31. The van der Waals surface area contributed by atoms with E-state index in [9.17, 15) is 10.1 Å². The van der Waals surface area contributed by atoms with E-state index in [2.05, 4.69) is 5.92 Å². The van der Waals surface area contributed by atoms with Gasteiger partial charge in [-0.15, -0.1) is 12.3 Å². The molecule has 0 saturated carbocycles. The van der Waals surface area contributed by atoms with E-state index >= 15 is 0 Å². The van der Waals surface area contributed by atoms with Crippen LogP contribution in [-0.2, 0) is 0 Å². The van der Waals surface area contributed by atoms with Gasteiger partial charge in [-0.1, -0.05) is 11.6 Å². The minimum Gasteiger partial charge on any atom is -0.492 e. The van der Waals surface area contributed by atoms with E-state index in [1.807, 2.05) is 0 Å². The Kier molecular flexibility index (Phi) is 4.62. The van der Waals surface area contributed by atoms with Crippen LogP contribution < -0.4 is 4.74 Å². The monoisotopic (exact) mass is 239 g/mol. The van der Waals surface area contributed by atoms with Gasteiger partial charge in [-0.05, 0) is 12.5 Å². The maximum absolute atomic E-state index is 10.4. The molecule has 0 radical (unpaired) electrons. The highest BCUT2D eigenvalue weighted by atomic mass is 35.5. The van der Waals surface area contributed by atoms with Crippen LogP contribution in [-0.4, -0.2) is 11.5 Å². The van der Waals surface area contributed by atoms with Crippen molar-refractivity contribution in [3.8, 4) is 18.1 Å². The summed E-state index contributed by atoms with van der Waals surface area (Å²) in [4.78, 5) is 9.94. The Bertz CT molecular complexity index is 426. The average molecular weight is 240 g/mol. The second-order valence-electron chi connectivity index (χ2n) is 3.03. The first-order chi connectivity index (χ1) is 7.65. The number of non-ortho nitro benzene ring substituents is 1. The van der Waals surface area contributed by atoms with Gasteiger partial charge in [0.2, 0.25) is 0 Å². The van der Waals surface area contributed by atoms with Gasteiger partial charge in [-0.25, -0.2) is 0 Å². The van der Waals surface area contributed by atoms with Crippen molar-refractivity contribution < 1.29 is 9.66 Å². The molecule has 1 rings (SSSR count). The number of nitrogens with zero attached hydrogens (tertiary/aromatic N) is 1. The third-order valence-electron chi connectivity index (χ3n) is 1.85. The van der Waals surface area contributed by atoms with Crippen LogP contribution in [0.1, 0.15) is 12.8 Å². The zero-order valence-electron chi connectivity index (χ0n) is 8.48. The Hall–Kier alpha value is -1.73. The first-order valence-electron chi connectivity index (χ1n) is 4.65. The average Bonchev–Trinajstić information content (AvgIpc) is 2.26. The van der Waals surface area contributed by atoms with Gasteiger partial charge in [-0.3, -0.25) is 10.1 Å². The lowest BCUT2D eigenvalue weighted by atomic mass is 10.3. The molecule has 0 aliphatic carbocycles. The topological polar surface area (TPSA) is 52.4 Å². The number of ether oxygens (including phenoxy) is 1. The molecule has 1 aromatic carbocycles. The standard InChI is InChI=1S/C11H10ClNO3/c1-2-3-4-7-16-11-6-5-9(13(14)15)8-10(11)12/h1,5-6,8H,3-4,7H2. The predicted molar refractivity (Wildman–Crippen MR) is 61.7 cm³/mol. The lowest BCUT2D eigenvalue weighted by Gasteiger charge is -2.06. The van der Waals surface area contributed by atoms with Gasteiger partial charge < -0.3 is 4.74 Å². The fraction of sp³-hybridized carbons (Fsp3) is 0.273. The lowest BCUT2D eigenvalue weighted by Crippen LogP contribution is -1.97. The third kappa shape index (κ3) is 3.44. The smallest absolute Gasteiger partial charge is 0.271 e. The van der Waals surface area contributed by atoms with Crippen LogP contribution in [0.4, 0.5) is 5.69 Å². The molecule has 0 spiro atoms. The van der Waals surface area contributed by atoms with E-state index < -0.39 is 4.92 Å². The van der Waals surface area contributed by atoms with Crippen LogP contribution >= 0.6 is 11.6 Å². The molecule has 84 valence electrons. The second-order valence-corrected chi connectivity index (χ2v) is 3.44. The summed E-state index contributed by atoms with van der Waals surface area (Å²) in [6.45, 7) is 0.446. The van der Waals surface area contributed by atoms with Crippen LogP contribution in [0.5, 0.6) is 5.75 Å². The first-order valence-corrected chi connectivity index (χ1v) is 5.03. The largest absolute Gasteiger partial charge is 0.492 e.